The molecule has 0 spiro atoms. The van der Waals surface area contributed by atoms with Crippen LogP contribution < -0.4 is 4.90 Å². The van der Waals surface area contributed by atoms with Crippen molar-refractivity contribution in [1.29, 1.82) is 0 Å². The highest BCUT2D eigenvalue weighted by atomic mass is 35.5. The normalized spacial score (nSPS) is 14.1. The number of carbonyl (C=O) groups excluding carboxylic acids is 1. The third-order valence-corrected chi connectivity index (χ3v) is 6.24. The quantitative estimate of drug-likeness (QED) is 0.436. The second-order valence-corrected chi connectivity index (χ2v) is 8.45. The summed E-state index contributed by atoms with van der Waals surface area (Å²) >= 11 is 6.22. The Balaban J connectivity index is 1.47. The van der Waals surface area contributed by atoms with Crippen LogP contribution in [0.2, 0.25) is 5.02 Å². The molecule has 0 unspecified atom stereocenters. The van der Waals surface area contributed by atoms with E-state index in [1.807, 2.05) is 77.7 Å². The minimum atomic E-state index is -0.00239. The number of rotatable bonds is 3. The van der Waals surface area contributed by atoms with Crippen LogP contribution in [0.15, 0.2) is 72.8 Å². The van der Waals surface area contributed by atoms with Crippen LogP contribution in [0.3, 0.4) is 0 Å². The molecular formula is C26H23ClN4O. The predicted octanol–water partition coefficient (Wildman–Crippen LogP) is 5.22. The van der Waals surface area contributed by atoms with Gasteiger partial charge in [-0.05, 0) is 30.7 Å². The molecule has 6 heteroatoms. The largest absolute Gasteiger partial charge is 0.368 e. The number of aryl methyl sites for hydroxylation is 1. The second-order valence-electron chi connectivity index (χ2n) is 8.02. The van der Waals surface area contributed by atoms with Crippen molar-refractivity contribution in [3.05, 3.63) is 88.9 Å². The molecule has 32 heavy (non-hydrogen) atoms. The van der Waals surface area contributed by atoms with E-state index >= 15 is 0 Å². The molecule has 1 aromatic heterocycles. The van der Waals surface area contributed by atoms with Crippen molar-refractivity contribution in [2.24, 2.45) is 0 Å². The number of hydrogen-bond donors (Lipinski definition) is 0. The summed E-state index contributed by atoms with van der Waals surface area (Å²) in [5.41, 5.74) is 5.18. The molecule has 0 N–H and O–H groups in total. The van der Waals surface area contributed by atoms with Gasteiger partial charge in [0.15, 0.2) is 0 Å². The third kappa shape index (κ3) is 3.80. The van der Waals surface area contributed by atoms with Gasteiger partial charge in [-0.2, -0.15) is 0 Å². The molecule has 2 heterocycles. The first-order chi connectivity index (χ1) is 15.6. The number of fused-ring (bicyclic) bond motifs is 1. The van der Waals surface area contributed by atoms with Crippen molar-refractivity contribution in [3.8, 4) is 11.3 Å². The van der Waals surface area contributed by atoms with Crippen LogP contribution in [-0.2, 0) is 0 Å². The summed E-state index contributed by atoms with van der Waals surface area (Å²) in [6, 6.07) is 23.4. The number of anilines is 1. The van der Waals surface area contributed by atoms with E-state index in [9.17, 15) is 4.79 Å². The van der Waals surface area contributed by atoms with Crippen molar-refractivity contribution in [3.63, 3.8) is 0 Å². The van der Waals surface area contributed by atoms with E-state index < -0.39 is 0 Å². The van der Waals surface area contributed by atoms with Crippen LogP contribution in [-0.4, -0.2) is 47.2 Å². The second kappa shape index (κ2) is 8.60. The molecule has 1 aliphatic rings. The lowest BCUT2D eigenvalue weighted by Gasteiger charge is -2.37. The van der Waals surface area contributed by atoms with E-state index in [1.54, 1.807) is 0 Å². The Morgan fingerprint density at radius 1 is 0.875 bits per heavy atom. The Hall–Kier alpha value is -3.44. The number of halogens is 1. The molecule has 5 rings (SSSR count). The van der Waals surface area contributed by atoms with E-state index in [1.165, 1.54) is 5.56 Å². The summed E-state index contributed by atoms with van der Waals surface area (Å²) in [6.45, 7) is 4.86. The molecule has 160 valence electrons. The number of aromatic nitrogens is 2. The van der Waals surface area contributed by atoms with Gasteiger partial charge in [-0.1, -0.05) is 66.2 Å². The van der Waals surface area contributed by atoms with E-state index in [4.69, 9.17) is 11.6 Å². The zero-order valence-corrected chi connectivity index (χ0v) is 18.6. The van der Waals surface area contributed by atoms with Crippen molar-refractivity contribution in [2.75, 3.05) is 31.1 Å². The topological polar surface area (TPSA) is 49.3 Å². The lowest BCUT2D eigenvalue weighted by atomic mass is 10.0. The monoisotopic (exact) mass is 442 g/mol. The zero-order chi connectivity index (χ0) is 22.1. The van der Waals surface area contributed by atoms with Gasteiger partial charge in [0.1, 0.15) is 5.69 Å². The van der Waals surface area contributed by atoms with Gasteiger partial charge in [-0.25, -0.2) is 0 Å². The molecule has 1 saturated heterocycles. The molecule has 0 atom stereocenters. The standard InChI is InChI=1S/C26H23ClN4O/c1-18-11-12-20(27)17-23(18)30-13-15-31(16-14-30)26(32)24-21-9-5-6-10-22(21)28-29-25(24)19-7-3-2-4-8-19/h2-12,17H,13-16H2,1H3. The van der Waals surface area contributed by atoms with Gasteiger partial charge in [0.25, 0.3) is 5.91 Å². The van der Waals surface area contributed by atoms with Gasteiger partial charge in [-0.3, -0.25) is 4.79 Å². The van der Waals surface area contributed by atoms with E-state index in [0.717, 1.165) is 40.3 Å². The number of carbonyl (C=O) groups is 1. The molecule has 0 saturated carbocycles. The van der Waals surface area contributed by atoms with Crippen molar-refractivity contribution in [2.45, 2.75) is 6.92 Å². The molecule has 3 aromatic carbocycles. The van der Waals surface area contributed by atoms with Crippen LogP contribution in [0.1, 0.15) is 15.9 Å². The van der Waals surface area contributed by atoms with Gasteiger partial charge in [0, 0.05) is 47.8 Å². The smallest absolute Gasteiger partial charge is 0.256 e. The molecule has 0 bridgehead atoms. The lowest BCUT2D eigenvalue weighted by molar-refractivity contribution is 0.0749. The first-order valence-corrected chi connectivity index (χ1v) is 11.1. The van der Waals surface area contributed by atoms with Crippen LogP contribution in [0.5, 0.6) is 0 Å². The maximum atomic E-state index is 13.8. The van der Waals surface area contributed by atoms with Crippen LogP contribution in [0.4, 0.5) is 5.69 Å². The van der Waals surface area contributed by atoms with Gasteiger partial charge < -0.3 is 9.80 Å². The molecule has 0 radical (unpaired) electrons. The molecule has 1 fully saturated rings. The molecule has 1 aliphatic heterocycles. The first kappa shape index (κ1) is 20.5. The van der Waals surface area contributed by atoms with E-state index in [2.05, 4.69) is 22.0 Å². The van der Waals surface area contributed by atoms with Gasteiger partial charge >= 0.3 is 0 Å². The van der Waals surface area contributed by atoms with Crippen LogP contribution in [0.25, 0.3) is 22.2 Å². The van der Waals surface area contributed by atoms with Crippen LogP contribution >= 0.6 is 11.6 Å². The SMILES string of the molecule is Cc1ccc(Cl)cc1N1CCN(C(=O)c2c(-c3ccccc3)nnc3ccccc23)CC1. The van der Waals surface area contributed by atoms with Crippen molar-refractivity contribution in [1.82, 2.24) is 15.1 Å². The molecule has 5 nitrogen and oxygen atoms in total. The summed E-state index contributed by atoms with van der Waals surface area (Å²) in [5, 5.41) is 10.4. The number of amides is 1. The highest BCUT2D eigenvalue weighted by Crippen LogP contribution is 2.30. The van der Waals surface area contributed by atoms with Gasteiger partial charge in [0.2, 0.25) is 0 Å². The fourth-order valence-electron chi connectivity index (χ4n) is 4.30. The summed E-state index contributed by atoms with van der Waals surface area (Å²) in [7, 11) is 0. The number of nitrogens with zero attached hydrogens (tertiary/aromatic N) is 4. The maximum Gasteiger partial charge on any atom is 0.256 e. The summed E-state index contributed by atoms with van der Waals surface area (Å²) in [5.74, 6) is -0.00239. The number of piperazine rings is 1. The zero-order valence-electron chi connectivity index (χ0n) is 17.8. The summed E-state index contributed by atoms with van der Waals surface area (Å²) < 4.78 is 0. The molecular weight excluding hydrogens is 420 g/mol. The number of benzene rings is 3. The van der Waals surface area contributed by atoms with Crippen molar-refractivity contribution < 1.29 is 4.79 Å². The molecule has 0 aliphatic carbocycles. The van der Waals surface area contributed by atoms with Crippen LogP contribution in [0, 0.1) is 6.92 Å². The van der Waals surface area contributed by atoms with E-state index in [0.29, 0.717) is 24.3 Å². The maximum absolute atomic E-state index is 13.8. The predicted molar refractivity (Wildman–Crippen MR) is 129 cm³/mol. The first-order valence-electron chi connectivity index (χ1n) is 10.7. The molecule has 1 amide bonds. The Labute approximate surface area is 192 Å². The summed E-state index contributed by atoms with van der Waals surface area (Å²) in [4.78, 5) is 18.0. The van der Waals surface area contributed by atoms with Crippen molar-refractivity contribution >= 4 is 34.1 Å². The average Bonchev–Trinajstić information content (AvgIpc) is 2.85. The number of hydrogen-bond acceptors (Lipinski definition) is 4. The fourth-order valence-corrected chi connectivity index (χ4v) is 4.47. The Kier molecular flexibility index (Phi) is 5.50. The minimum absolute atomic E-state index is 0.00239. The highest BCUT2D eigenvalue weighted by molar-refractivity contribution is 6.30. The fraction of sp³-hybridized carbons (Fsp3) is 0.192. The molecule has 4 aromatic rings. The summed E-state index contributed by atoms with van der Waals surface area (Å²) in [6.07, 6.45) is 0. The van der Waals surface area contributed by atoms with Gasteiger partial charge in [-0.15, -0.1) is 10.2 Å². The Bertz CT molecular complexity index is 1280. The average molecular weight is 443 g/mol. The highest BCUT2D eigenvalue weighted by Gasteiger charge is 2.27. The van der Waals surface area contributed by atoms with Gasteiger partial charge in [0.05, 0.1) is 11.1 Å². The third-order valence-electron chi connectivity index (χ3n) is 6.01. The minimum Gasteiger partial charge on any atom is -0.368 e. The Morgan fingerprint density at radius 3 is 2.38 bits per heavy atom. The lowest BCUT2D eigenvalue weighted by Crippen LogP contribution is -2.49. The van der Waals surface area contributed by atoms with E-state index in [-0.39, 0.29) is 5.91 Å². The Morgan fingerprint density at radius 2 is 1.59 bits per heavy atom.